The Kier molecular flexibility index (Phi) is 3.55. The number of hydrogen-bond donors (Lipinski definition) is 1. The molecule has 1 heterocycles. The molecule has 16 heavy (non-hydrogen) atoms. The molecule has 0 aliphatic carbocycles. The van der Waals surface area contributed by atoms with Crippen LogP contribution in [0.3, 0.4) is 0 Å². The number of hydrogen-bond acceptors (Lipinski definition) is 2. The van der Waals surface area contributed by atoms with Crippen molar-refractivity contribution in [3.05, 3.63) is 28.2 Å². The summed E-state index contributed by atoms with van der Waals surface area (Å²) >= 11 is 3.52. The zero-order chi connectivity index (χ0) is 11.7. The lowest BCUT2D eigenvalue weighted by Crippen LogP contribution is -2.55. The molecule has 3 heteroatoms. The first kappa shape index (κ1) is 11.9. The van der Waals surface area contributed by atoms with Crippen LogP contribution in [0.2, 0.25) is 0 Å². The van der Waals surface area contributed by atoms with Crippen molar-refractivity contribution in [2.45, 2.75) is 32.9 Å². The number of piperazine rings is 1. The van der Waals surface area contributed by atoms with Gasteiger partial charge in [0.2, 0.25) is 0 Å². The number of rotatable bonds is 1. The molecule has 1 aliphatic heterocycles. The third-order valence-electron chi connectivity index (χ3n) is 3.27. The molecular formula is C13H19BrN2. The summed E-state index contributed by atoms with van der Waals surface area (Å²) in [6.07, 6.45) is 0. The topological polar surface area (TPSA) is 15.3 Å². The van der Waals surface area contributed by atoms with Gasteiger partial charge < -0.3 is 10.2 Å². The van der Waals surface area contributed by atoms with Crippen LogP contribution in [0.4, 0.5) is 5.69 Å². The van der Waals surface area contributed by atoms with Gasteiger partial charge in [-0.05, 0) is 44.5 Å². The van der Waals surface area contributed by atoms with E-state index in [1.54, 1.807) is 0 Å². The molecule has 1 aromatic rings. The van der Waals surface area contributed by atoms with Gasteiger partial charge in [0.1, 0.15) is 0 Å². The van der Waals surface area contributed by atoms with Gasteiger partial charge in [-0.15, -0.1) is 0 Å². The van der Waals surface area contributed by atoms with Crippen LogP contribution in [0.25, 0.3) is 0 Å². The summed E-state index contributed by atoms with van der Waals surface area (Å²) in [7, 11) is 0. The Morgan fingerprint density at radius 1 is 1.25 bits per heavy atom. The van der Waals surface area contributed by atoms with Gasteiger partial charge in [0.15, 0.2) is 0 Å². The van der Waals surface area contributed by atoms with E-state index in [1.807, 2.05) is 0 Å². The largest absolute Gasteiger partial charge is 0.363 e. The number of anilines is 1. The van der Waals surface area contributed by atoms with Crippen LogP contribution < -0.4 is 10.2 Å². The number of benzene rings is 1. The van der Waals surface area contributed by atoms with Crippen LogP contribution in [0.1, 0.15) is 19.4 Å². The standard InChI is InChI=1S/C13H19BrN2/c1-9-6-12(14)4-5-13(9)16-10(2)7-15-8-11(16)3/h4-6,10-11,15H,7-8H2,1-3H3. The SMILES string of the molecule is Cc1cc(Br)ccc1N1C(C)CNCC1C. The highest BCUT2D eigenvalue weighted by Gasteiger charge is 2.25. The number of nitrogens with one attached hydrogen (secondary N) is 1. The first-order chi connectivity index (χ1) is 7.59. The summed E-state index contributed by atoms with van der Waals surface area (Å²) in [5.74, 6) is 0. The van der Waals surface area contributed by atoms with Gasteiger partial charge in [-0.25, -0.2) is 0 Å². The summed E-state index contributed by atoms with van der Waals surface area (Å²) < 4.78 is 1.16. The highest BCUT2D eigenvalue weighted by molar-refractivity contribution is 9.10. The number of nitrogens with zero attached hydrogens (tertiary/aromatic N) is 1. The summed E-state index contributed by atoms with van der Waals surface area (Å²) in [5, 5.41) is 3.46. The van der Waals surface area contributed by atoms with Gasteiger partial charge in [-0.1, -0.05) is 15.9 Å². The first-order valence-corrected chi connectivity index (χ1v) is 6.64. The molecule has 0 aromatic heterocycles. The molecule has 0 saturated carbocycles. The van der Waals surface area contributed by atoms with E-state index < -0.39 is 0 Å². The molecule has 2 atom stereocenters. The molecule has 1 N–H and O–H groups in total. The van der Waals surface area contributed by atoms with E-state index >= 15 is 0 Å². The Morgan fingerprint density at radius 3 is 2.44 bits per heavy atom. The van der Waals surface area contributed by atoms with E-state index in [0.717, 1.165) is 17.6 Å². The van der Waals surface area contributed by atoms with Gasteiger partial charge in [0.25, 0.3) is 0 Å². The van der Waals surface area contributed by atoms with E-state index in [-0.39, 0.29) is 0 Å². The second kappa shape index (κ2) is 4.76. The fraction of sp³-hybridized carbons (Fsp3) is 0.538. The van der Waals surface area contributed by atoms with Crippen LogP contribution >= 0.6 is 15.9 Å². The van der Waals surface area contributed by atoms with Crippen molar-refractivity contribution in [3.63, 3.8) is 0 Å². The first-order valence-electron chi connectivity index (χ1n) is 5.85. The highest BCUT2D eigenvalue weighted by atomic mass is 79.9. The van der Waals surface area contributed by atoms with Gasteiger partial charge in [0, 0.05) is 35.3 Å². The number of aryl methyl sites for hydroxylation is 1. The fourth-order valence-electron chi connectivity index (χ4n) is 2.52. The second-order valence-electron chi connectivity index (χ2n) is 4.69. The van der Waals surface area contributed by atoms with Crippen LogP contribution in [0, 0.1) is 6.92 Å². The maximum atomic E-state index is 3.52. The van der Waals surface area contributed by atoms with Crippen molar-refractivity contribution in [3.8, 4) is 0 Å². The Balaban J connectivity index is 2.34. The predicted octanol–water partition coefficient (Wildman–Crippen LogP) is 2.94. The molecule has 1 aliphatic rings. The van der Waals surface area contributed by atoms with Crippen molar-refractivity contribution >= 4 is 21.6 Å². The van der Waals surface area contributed by atoms with E-state index in [0.29, 0.717) is 12.1 Å². The molecule has 2 unspecified atom stereocenters. The average Bonchev–Trinajstić information content (AvgIpc) is 2.20. The lowest BCUT2D eigenvalue weighted by atomic mass is 10.1. The molecule has 0 spiro atoms. The lowest BCUT2D eigenvalue weighted by molar-refractivity contribution is 0.431. The van der Waals surface area contributed by atoms with E-state index in [2.05, 4.69) is 65.1 Å². The quantitative estimate of drug-likeness (QED) is 0.852. The van der Waals surface area contributed by atoms with Crippen LogP contribution in [0.5, 0.6) is 0 Å². The van der Waals surface area contributed by atoms with Crippen molar-refractivity contribution < 1.29 is 0 Å². The van der Waals surface area contributed by atoms with E-state index in [9.17, 15) is 0 Å². The zero-order valence-electron chi connectivity index (χ0n) is 10.1. The maximum Gasteiger partial charge on any atom is 0.0402 e. The maximum absolute atomic E-state index is 3.52. The monoisotopic (exact) mass is 282 g/mol. The van der Waals surface area contributed by atoms with Gasteiger partial charge in [-0.2, -0.15) is 0 Å². The minimum Gasteiger partial charge on any atom is -0.363 e. The van der Waals surface area contributed by atoms with Crippen LogP contribution in [0.15, 0.2) is 22.7 Å². The van der Waals surface area contributed by atoms with E-state index in [1.165, 1.54) is 11.3 Å². The van der Waals surface area contributed by atoms with E-state index in [4.69, 9.17) is 0 Å². The Hall–Kier alpha value is -0.540. The molecule has 1 saturated heterocycles. The molecule has 0 bridgehead atoms. The van der Waals surface area contributed by atoms with Crippen molar-refractivity contribution in [1.29, 1.82) is 0 Å². The molecule has 2 nitrogen and oxygen atoms in total. The Morgan fingerprint density at radius 2 is 1.88 bits per heavy atom. The third-order valence-corrected chi connectivity index (χ3v) is 3.76. The molecule has 88 valence electrons. The van der Waals surface area contributed by atoms with Crippen molar-refractivity contribution in [1.82, 2.24) is 5.32 Å². The molecular weight excluding hydrogens is 264 g/mol. The second-order valence-corrected chi connectivity index (χ2v) is 5.61. The zero-order valence-corrected chi connectivity index (χ0v) is 11.7. The van der Waals surface area contributed by atoms with Gasteiger partial charge in [0.05, 0.1) is 0 Å². The minimum atomic E-state index is 0.559. The lowest BCUT2D eigenvalue weighted by Gasteiger charge is -2.42. The molecule has 1 aromatic carbocycles. The smallest absolute Gasteiger partial charge is 0.0402 e. The Labute approximate surface area is 106 Å². The summed E-state index contributed by atoms with van der Waals surface area (Å²) in [5.41, 5.74) is 2.71. The molecule has 0 radical (unpaired) electrons. The highest BCUT2D eigenvalue weighted by Crippen LogP contribution is 2.28. The van der Waals surface area contributed by atoms with Crippen LogP contribution in [-0.2, 0) is 0 Å². The van der Waals surface area contributed by atoms with Crippen molar-refractivity contribution in [2.75, 3.05) is 18.0 Å². The molecule has 2 rings (SSSR count). The summed E-state index contributed by atoms with van der Waals surface area (Å²) in [6.45, 7) is 8.88. The predicted molar refractivity (Wildman–Crippen MR) is 73.2 cm³/mol. The van der Waals surface area contributed by atoms with Gasteiger partial charge >= 0.3 is 0 Å². The minimum absolute atomic E-state index is 0.559. The third kappa shape index (κ3) is 2.25. The normalized spacial score (nSPS) is 25.9. The Bertz CT molecular complexity index is 368. The molecule has 1 fully saturated rings. The summed E-state index contributed by atoms with van der Waals surface area (Å²) in [6, 6.07) is 7.66. The van der Waals surface area contributed by atoms with Crippen LogP contribution in [-0.4, -0.2) is 25.2 Å². The fourth-order valence-corrected chi connectivity index (χ4v) is 2.99. The number of halogens is 1. The van der Waals surface area contributed by atoms with Crippen molar-refractivity contribution in [2.24, 2.45) is 0 Å². The molecule has 0 amide bonds. The average molecular weight is 283 g/mol. The van der Waals surface area contributed by atoms with Gasteiger partial charge in [-0.3, -0.25) is 0 Å². The summed E-state index contributed by atoms with van der Waals surface area (Å²) in [4.78, 5) is 2.53.